The Balaban J connectivity index is 1.88. The van der Waals surface area contributed by atoms with E-state index in [4.69, 9.17) is 19.6 Å². The van der Waals surface area contributed by atoms with Crippen LogP contribution in [0.4, 0.5) is 0 Å². The zero-order valence-corrected chi connectivity index (χ0v) is 23.7. The molecule has 0 heterocycles. The summed E-state index contributed by atoms with van der Waals surface area (Å²) < 4.78 is 18.9. The van der Waals surface area contributed by atoms with Crippen molar-refractivity contribution in [1.29, 1.82) is 0 Å². The molecule has 2 N–H and O–H groups in total. The topological polar surface area (TPSA) is 70.8 Å². The van der Waals surface area contributed by atoms with Crippen molar-refractivity contribution in [2.24, 2.45) is 11.7 Å². The van der Waals surface area contributed by atoms with Crippen molar-refractivity contribution >= 4 is 24.6 Å². The molecular weight excluding hydrogens is 478 g/mol. The molecule has 6 heteroatoms. The van der Waals surface area contributed by atoms with Gasteiger partial charge in [0, 0.05) is 13.7 Å². The Morgan fingerprint density at radius 1 is 0.865 bits per heavy atom. The van der Waals surface area contributed by atoms with Gasteiger partial charge in [-0.1, -0.05) is 119 Å². The quantitative estimate of drug-likeness (QED) is 0.333. The highest BCUT2D eigenvalue weighted by Crippen LogP contribution is 2.38. The molecule has 0 saturated heterocycles. The van der Waals surface area contributed by atoms with E-state index in [0.29, 0.717) is 19.6 Å². The standard InChI is InChI=1S/C31H41NO4Si/c1-24(22-35-23-25-15-9-6-10-16-25)21-28(34-5)29(30(32)33)36-37(31(2,3)4,26-17-11-7-12-18-26)27-19-13-8-14-20-27/h6-20,24,28-29H,21-23H2,1-5H3,(H2,32,33)/t24?,28-,29-/m0/s1. The molecule has 198 valence electrons. The van der Waals surface area contributed by atoms with Gasteiger partial charge in [0.25, 0.3) is 8.32 Å². The normalized spacial score (nSPS) is 14.6. The number of carbonyl (C=O) groups is 1. The van der Waals surface area contributed by atoms with Gasteiger partial charge in [0.2, 0.25) is 5.91 Å². The van der Waals surface area contributed by atoms with Gasteiger partial charge in [0.15, 0.2) is 6.10 Å². The maximum absolute atomic E-state index is 13.0. The van der Waals surface area contributed by atoms with Crippen LogP contribution in [-0.4, -0.2) is 40.1 Å². The van der Waals surface area contributed by atoms with Gasteiger partial charge in [-0.25, -0.2) is 0 Å². The summed E-state index contributed by atoms with van der Waals surface area (Å²) in [6, 6.07) is 30.6. The molecule has 37 heavy (non-hydrogen) atoms. The number of carbonyl (C=O) groups excluding carboxylic acids is 1. The molecule has 0 aliphatic heterocycles. The maximum atomic E-state index is 13.0. The lowest BCUT2D eigenvalue weighted by Gasteiger charge is -2.45. The van der Waals surface area contributed by atoms with E-state index in [1.807, 2.05) is 66.7 Å². The van der Waals surface area contributed by atoms with E-state index in [2.05, 4.69) is 52.0 Å². The van der Waals surface area contributed by atoms with Gasteiger partial charge in [0.1, 0.15) is 0 Å². The van der Waals surface area contributed by atoms with Crippen molar-refractivity contribution in [3.05, 3.63) is 96.6 Å². The Kier molecular flexibility index (Phi) is 10.2. The number of benzene rings is 3. The van der Waals surface area contributed by atoms with Gasteiger partial charge in [-0.2, -0.15) is 0 Å². The second kappa shape index (κ2) is 13.2. The minimum atomic E-state index is -2.99. The lowest BCUT2D eigenvalue weighted by Crippen LogP contribution is -2.69. The first kappa shape index (κ1) is 28.8. The van der Waals surface area contributed by atoms with Crippen molar-refractivity contribution in [3.8, 4) is 0 Å². The third-order valence-electron chi connectivity index (χ3n) is 6.79. The van der Waals surface area contributed by atoms with E-state index in [1.165, 1.54) is 0 Å². The van der Waals surface area contributed by atoms with Gasteiger partial charge in [-0.3, -0.25) is 4.79 Å². The third kappa shape index (κ3) is 7.17. The van der Waals surface area contributed by atoms with E-state index < -0.39 is 26.4 Å². The number of methoxy groups -OCH3 is 1. The Morgan fingerprint density at radius 2 is 1.35 bits per heavy atom. The molecule has 1 unspecified atom stereocenters. The van der Waals surface area contributed by atoms with Crippen LogP contribution in [0.2, 0.25) is 5.04 Å². The molecule has 3 aromatic rings. The molecule has 1 amide bonds. The third-order valence-corrected chi connectivity index (χ3v) is 11.8. The van der Waals surface area contributed by atoms with Crippen LogP contribution in [0.25, 0.3) is 0 Å². The number of nitrogens with two attached hydrogens (primary N) is 1. The summed E-state index contributed by atoms with van der Waals surface area (Å²) in [5.74, 6) is -0.379. The molecule has 0 aliphatic carbocycles. The molecule has 3 rings (SSSR count). The SMILES string of the molecule is CO[C@@H](CC(C)COCc1ccccc1)[C@H](O[Si](c1ccccc1)(c1ccccc1)C(C)(C)C)C(N)=O. The van der Waals surface area contributed by atoms with Crippen molar-refractivity contribution in [2.45, 2.75) is 58.0 Å². The number of hydrogen-bond donors (Lipinski definition) is 1. The summed E-state index contributed by atoms with van der Waals surface area (Å²) in [6.07, 6.45) is -0.834. The second-order valence-corrected chi connectivity index (χ2v) is 15.0. The fourth-order valence-corrected chi connectivity index (χ4v) is 9.62. The van der Waals surface area contributed by atoms with E-state index >= 15 is 0 Å². The number of ether oxygens (including phenoxy) is 2. The molecule has 0 bridgehead atoms. The molecule has 0 spiro atoms. The van der Waals surface area contributed by atoms with Crippen LogP contribution >= 0.6 is 0 Å². The lowest BCUT2D eigenvalue weighted by atomic mass is 10.0. The fourth-order valence-electron chi connectivity index (χ4n) is 4.96. The van der Waals surface area contributed by atoms with Crippen molar-refractivity contribution in [3.63, 3.8) is 0 Å². The molecule has 0 fully saturated rings. The smallest absolute Gasteiger partial charge is 0.262 e. The highest BCUT2D eigenvalue weighted by Gasteiger charge is 2.53. The minimum absolute atomic E-state index is 0.137. The molecule has 5 nitrogen and oxygen atoms in total. The van der Waals surface area contributed by atoms with Crippen LogP contribution in [0.3, 0.4) is 0 Å². The highest BCUT2D eigenvalue weighted by molar-refractivity contribution is 6.99. The zero-order valence-electron chi connectivity index (χ0n) is 22.7. The van der Waals surface area contributed by atoms with E-state index in [-0.39, 0.29) is 11.0 Å². The summed E-state index contributed by atoms with van der Waals surface area (Å²) in [4.78, 5) is 13.0. The van der Waals surface area contributed by atoms with Crippen molar-refractivity contribution < 1.29 is 18.7 Å². The average Bonchev–Trinajstić information content (AvgIpc) is 2.89. The summed E-state index contributed by atoms with van der Waals surface area (Å²) in [7, 11) is -1.37. The minimum Gasteiger partial charge on any atom is -0.393 e. The summed E-state index contributed by atoms with van der Waals surface area (Å²) in [5, 5.41) is 1.90. The summed E-state index contributed by atoms with van der Waals surface area (Å²) in [6.45, 7) is 9.72. The van der Waals surface area contributed by atoms with Gasteiger partial charge < -0.3 is 19.6 Å². The molecule has 3 aromatic carbocycles. The number of hydrogen-bond acceptors (Lipinski definition) is 4. The first-order valence-electron chi connectivity index (χ1n) is 12.9. The van der Waals surface area contributed by atoms with Gasteiger partial charge >= 0.3 is 0 Å². The molecule has 3 atom stereocenters. The first-order chi connectivity index (χ1) is 17.7. The van der Waals surface area contributed by atoms with E-state index in [9.17, 15) is 4.79 Å². The molecule has 0 aliphatic rings. The zero-order chi connectivity index (χ0) is 26.9. The highest BCUT2D eigenvalue weighted by atomic mass is 28.4. The summed E-state index contributed by atoms with van der Waals surface area (Å²) in [5.41, 5.74) is 7.15. The Bertz CT molecular complexity index is 1050. The maximum Gasteiger partial charge on any atom is 0.262 e. The van der Waals surface area contributed by atoms with Crippen molar-refractivity contribution in [1.82, 2.24) is 0 Å². The monoisotopic (exact) mass is 519 g/mol. The molecular formula is C31H41NO4Si. The van der Waals surface area contributed by atoms with E-state index in [0.717, 1.165) is 15.9 Å². The lowest BCUT2D eigenvalue weighted by molar-refractivity contribution is -0.132. The number of rotatable bonds is 13. The predicted octanol–water partition coefficient (Wildman–Crippen LogP) is 4.67. The van der Waals surface area contributed by atoms with Gasteiger partial charge in [-0.15, -0.1) is 0 Å². The van der Waals surface area contributed by atoms with Crippen LogP contribution < -0.4 is 16.1 Å². The van der Waals surface area contributed by atoms with Crippen LogP contribution in [0.15, 0.2) is 91.0 Å². The van der Waals surface area contributed by atoms with Crippen molar-refractivity contribution in [2.75, 3.05) is 13.7 Å². The van der Waals surface area contributed by atoms with Gasteiger partial charge in [-0.05, 0) is 33.3 Å². The average molecular weight is 520 g/mol. The van der Waals surface area contributed by atoms with Crippen LogP contribution in [0.5, 0.6) is 0 Å². The fraction of sp³-hybridized carbons (Fsp3) is 0.387. The largest absolute Gasteiger partial charge is 0.393 e. The number of amides is 1. The molecule has 0 aromatic heterocycles. The Morgan fingerprint density at radius 3 is 1.78 bits per heavy atom. The number of primary amides is 1. The summed E-state index contributed by atoms with van der Waals surface area (Å²) >= 11 is 0. The molecule has 0 radical (unpaired) electrons. The Labute approximate surface area is 223 Å². The first-order valence-corrected chi connectivity index (χ1v) is 14.8. The van der Waals surface area contributed by atoms with Crippen LogP contribution in [0, 0.1) is 5.92 Å². The molecule has 0 saturated carbocycles. The van der Waals surface area contributed by atoms with E-state index in [1.54, 1.807) is 7.11 Å². The second-order valence-electron chi connectivity index (χ2n) is 10.7. The van der Waals surface area contributed by atoms with Gasteiger partial charge in [0.05, 0.1) is 12.7 Å². The van der Waals surface area contributed by atoms with Crippen LogP contribution in [-0.2, 0) is 25.3 Å². The predicted molar refractivity (Wildman–Crippen MR) is 152 cm³/mol. The van der Waals surface area contributed by atoms with Crippen LogP contribution in [0.1, 0.15) is 39.7 Å². The Hall–Kier alpha value is -2.77.